The molecule has 0 aromatic heterocycles. The summed E-state index contributed by atoms with van der Waals surface area (Å²) in [5.41, 5.74) is -0.248. The second kappa shape index (κ2) is 4.41. The topological polar surface area (TPSA) is 69.6 Å². The summed E-state index contributed by atoms with van der Waals surface area (Å²) in [6.07, 6.45) is 0. The highest BCUT2D eigenvalue weighted by molar-refractivity contribution is 5.82. The quantitative estimate of drug-likeness (QED) is 0.729. The number of nitrogens with zero attached hydrogens (tertiary/aromatic N) is 1. The van der Waals surface area contributed by atoms with E-state index in [0.717, 1.165) is 0 Å². The van der Waals surface area contributed by atoms with Gasteiger partial charge in [-0.2, -0.15) is 0 Å². The lowest BCUT2D eigenvalue weighted by molar-refractivity contribution is -0.151. The zero-order valence-corrected chi connectivity index (χ0v) is 10.3. The monoisotopic (exact) mass is 228 g/mol. The minimum absolute atomic E-state index is 0.0451. The molecule has 1 amide bonds. The van der Waals surface area contributed by atoms with E-state index < -0.39 is 5.97 Å². The first kappa shape index (κ1) is 13.0. The average Bonchev–Trinajstić information content (AvgIpc) is 1.96. The van der Waals surface area contributed by atoms with Crippen molar-refractivity contribution in [2.24, 2.45) is 5.92 Å². The molecule has 0 aromatic carbocycles. The third kappa shape index (κ3) is 3.20. The van der Waals surface area contributed by atoms with Crippen molar-refractivity contribution in [1.82, 2.24) is 10.2 Å². The summed E-state index contributed by atoms with van der Waals surface area (Å²) in [4.78, 5) is 24.3. The van der Waals surface area contributed by atoms with E-state index in [1.54, 1.807) is 6.92 Å². The predicted molar refractivity (Wildman–Crippen MR) is 60.1 cm³/mol. The van der Waals surface area contributed by atoms with Crippen molar-refractivity contribution in [2.45, 2.75) is 39.3 Å². The molecule has 1 heterocycles. The number of aliphatic carboxylic acids is 1. The largest absolute Gasteiger partial charge is 0.481 e. The third-order valence-corrected chi connectivity index (χ3v) is 2.68. The molecule has 0 saturated carbocycles. The maximum Gasteiger partial charge on any atom is 0.309 e. The van der Waals surface area contributed by atoms with E-state index in [2.05, 4.69) is 5.32 Å². The average molecular weight is 228 g/mol. The Labute approximate surface area is 95.8 Å². The number of nitrogens with one attached hydrogen (secondary N) is 1. The van der Waals surface area contributed by atoms with Crippen LogP contribution in [0.25, 0.3) is 0 Å². The fourth-order valence-corrected chi connectivity index (χ4v) is 1.62. The Morgan fingerprint density at radius 2 is 1.88 bits per heavy atom. The Morgan fingerprint density at radius 1 is 1.38 bits per heavy atom. The molecular formula is C11H20N2O3. The standard InChI is InChI=1S/C11H20N2O3/c1-7(9(14)12-11(2,3)4)13-5-8(6-13)10(15)16/h7-8H,5-6H2,1-4H3,(H,12,14)(H,15,16). The molecule has 16 heavy (non-hydrogen) atoms. The van der Waals surface area contributed by atoms with Crippen LogP contribution in [0.5, 0.6) is 0 Å². The molecule has 0 aromatic rings. The maximum absolute atomic E-state index is 11.8. The molecule has 1 unspecified atom stereocenters. The zero-order valence-electron chi connectivity index (χ0n) is 10.3. The number of amides is 1. The van der Waals surface area contributed by atoms with Gasteiger partial charge in [-0.3, -0.25) is 14.5 Å². The van der Waals surface area contributed by atoms with Crippen LogP contribution in [-0.4, -0.2) is 46.6 Å². The summed E-state index contributed by atoms with van der Waals surface area (Å²) >= 11 is 0. The molecule has 1 fully saturated rings. The molecule has 0 aliphatic carbocycles. The smallest absolute Gasteiger partial charge is 0.309 e. The van der Waals surface area contributed by atoms with Crippen LogP contribution in [-0.2, 0) is 9.59 Å². The van der Waals surface area contributed by atoms with Crippen LogP contribution in [0.1, 0.15) is 27.7 Å². The maximum atomic E-state index is 11.8. The summed E-state index contributed by atoms with van der Waals surface area (Å²) in [5.74, 6) is -1.14. The van der Waals surface area contributed by atoms with Crippen molar-refractivity contribution in [3.8, 4) is 0 Å². The van der Waals surface area contributed by atoms with Gasteiger partial charge in [-0.15, -0.1) is 0 Å². The third-order valence-electron chi connectivity index (χ3n) is 2.68. The first-order valence-corrected chi connectivity index (χ1v) is 5.49. The zero-order chi connectivity index (χ0) is 12.5. The molecule has 0 spiro atoms. The highest BCUT2D eigenvalue weighted by atomic mass is 16.4. The minimum atomic E-state index is -0.778. The summed E-state index contributed by atoms with van der Waals surface area (Å²) in [6.45, 7) is 8.51. The molecular weight excluding hydrogens is 208 g/mol. The van der Waals surface area contributed by atoms with E-state index in [0.29, 0.717) is 13.1 Å². The molecule has 1 saturated heterocycles. The van der Waals surface area contributed by atoms with Crippen LogP contribution in [0.4, 0.5) is 0 Å². The Bertz CT molecular complexity index is 290. The second-order valence-corrected chi connectivity index (χ2v) is 5.40. The van der Waals surface area contributed by atoms with Gasteiger partial charge in [0.15, 0.2) is 0 Å². The number of carboxylic acids is 1. The molecule has 2 N–H and O–H groups in total. The van der Waals surface area contributed by atoms with Crippen molar-refractivity contribution in [1.29, 1.82) is 0 Å². The number of rotatable bonds is 3. The van der Waals surface area contributed by atoms with E-state index in [4.69, 9.17) is 5.11 Å². The van der Waals surface area contributed by atoms with Gasteiger partial charge in [0.25, 0.3) is 0 Å². The van der Waals surface area contributed by atoms with Gasteiger partial charge >= 0.3 is 5.97 Å². The van der Waals surface area contributed by atoms with Crippen molar-refractivity contribution >= 4 is 11.9 Å². The van der Waals surface area contributed by atoms with Crippen molar-refractivity contribution in [2.75, 3.05) is 13.1 Å². The molecule has 0 bridgehead atoms. The van der Waals surface area contributed by atoms with Crippen molar-refractivity contribution in [3.63, 3.8) is 0 Å². The van der Waals surface area contributed by atoms with Gasteiger partial charge < -0.3 is 10.4 Å². The lowest BCUT2D eigenvalue weighted by atomic mass is 9.97. The normalized spacial score (nSPS) is 20.0. The summed E-state index contributed by atoms with van der Waals surface area (Å²) in [7, 11) is 0. The van der Waals surface area contributed by atoms with Gasteiger partial charge in [-0.05, 0) is 27.7 Å². The van der Waals surface area contributed by atoms with Crippen LogP contribution in [0.3, 0.4) is 0 Å². The Balaban J connectivity index is 2.40. The second-order valence-electron chi connectivity index (χ2n) is 5.40. The van der Waals surface area contributed by atoms with Crippen LogP contribution < -0.4 is 5.32 Å². The first-order valence-electron chi connectivity index (χ1n) is 5.49. The number of likely N-dealkylation sites (tertiary alicyclic amines) is 1. The van der Waals surface area contributed by atoms with E-state index in [1.165, 1.54) is 0 Å². The Kier molecular flexibility index (Phi) is 3.57. The van der Waals surface area contributed by atoms with Gasteiger partial charge in [0.1, 0.15) is 0 Å². The fourth-order valence-electron chi connectivity index (χ4n) is 1.62. The number of carbonyl (C=O) groups excluding carboxylic acids is 1. The number of carboxylic acid groups (broad SMARTS) is 1. The lowest BCUT2D eigenvalue weighted by Gasteiger charge is -2.40. The van der Waals surface area contributed by atoms with Gasteiger partial charge in [0.2, 0.25) is 5.91 Å². The minimum Gasteiger partial charge on any atom is -0.481 e. The van der Waals surface area contributed by atoms with Gasteiger partial charge in [0.05, 0.1) is 12.0 Å². The van der Waals surface area contributed by atoms with Crippen LogP contribution in [0.15, 0.2) is 0 Å². The molecule has 1 rings (SSSR count). The summed E-state index contributed by atoms with van der Waals surface area (Å²) in [6, 6.07) is -0.255. The molecule has 5 heteroatoms. The van der Waals surface area contributed by atoms with E-state index >= 15 is 0 Å². The van der Waals surface area contributed by atoms with Crippen LogP contribution in [0, 0.1) is 5.92 Å². The SMILES string of the molecule is CC(C(=O)NC(C)(C)C)N1CC(C(=O)O)C1. The van der Waals surface area contributed by atoms with Crippen molar-refractivity contribution < 1.29 is 14.7 Å². The predicted octanol–water partition coefficient (Wildman–Crippen LogP) is 0.306. The molecule has 5 nitrogen and oxygen atoms in total. The molecule has 92 valence electrons. The number of hydrogen-bond donors (Lipinski definition) is 2. The summed E-state index contributed by atoms with van der Waals surface area (Å²) < 4.78 is 0. The van der Waals surface area contributed by atoms with Crippen LogP contribution in [0.2, 0.25) is 0 Å². The fraction of sp³-hybridized carbons (Fsp3) is 0.818. The van der Waals surface area contributed by atoms with Crippen LogP contribution >= 0.6 is 0 Å². The van der Waals surface area contributed by atoms with Gasteiger partial charge in [0, 0.05) is 18.6 Å². The number of carbonyl (C=O) groups is 2. The van der Waals surface area contributed by atoms with E-state index in [9.17, 15) is 9.59 Å². The number of hydrogen-bond acceptors (Lipinski definition) is 3. The highest BCUT2D eigenvalue weighted by Crippen LogP contribution is 2.19. The van der Waals surface area contributed by atoms with Gasteiger partial charge in [-0.1, -0.05) is 0 Å². The molecule has 1 atom stereocenters. The Hall–Kier alpha value is -1.10. The lowest BCUT2D eigenvalue weighted by Crippen LogP contribution is -2.59. The van der Waals surface area contributed by atoms with Crippen molar-refractivity contribution in [3.05, 3.63) is 0 Å². The first-order chi connectivity index (χ1) is 7.20. The highest BCUT2D eigenvalue weighted by Gasteiger charge is 2.37. The van der Waals surface area contributed by atoms with E-state index in [1.807, 2.05) is 25.7 Å². The van der Waals surface area contributed by atoms with Gasteiger partial charge in [-0.25, -0.2) is 0 Å². The molecule has 1 aliphatic heterocycles. The summed E-state index contributed by atoms with van der Waals surface area (Å²) in [5, 5.41) is 11.6. The molecule has 1 aliphatic rings. The molecule has 0 radical (unpaired) electrons. The Morgan fingerprint density at radius 3 is 2.25 bits per heavy atom. The van der Waals surface area contributed by atoms with E-state index in [-0.39, 0.29) is 23.4 Å².